The van der Waals surface area contributed by atoms with Gasteiger partial charge in [0, 0.05) is 6.42 Å². The van der Waals surface area contributed by atoms with Gasteiger partial charge in [-0.05, 0) is 43.9 Å². The Bertz CT molecular complexity index is 322. The maximum Gasteiger partial charge on any atom is 0.303 e. The van der Waals surface area contributed by atoms with E-state index in [2.05, 4.69) is 19.1 Å². The number of allylic oxidation sites excluding steroid dienone is 2. The van der Waals surface area contributed by atoms with E-state index in [1.54, 1.807) is 0 Å². The van der Waals surface area contributed by atoms with E-state index in [0.717, 1.165) is 24.7 Å². The van der Waals surface area contributed by atoms with Gasteiger partial charge in [0.15, 0.2) is 0 Å². The predicted octanol–water partition coefficient (Wildman–Crippen LogP) is 6.74. The molecule has 1 aliphatic rings. The summed E-state index contributed by atoms with van der Waals surface area (Å²) in [4.78, 5) is 10.4. The fraction of sp³-hybridized carbons (Fsp3) is 0.857. The van der Waals surface area contributed by atoms with Gasteiger partial charge >= 0.3 is 5.97 Å². The summed E-state index contributed by atoms with van der Waals surface area (Å²) in [6.07, 6.45) is 23.2. The molecule has 1 saturated carbocycles. The molecule has 1 rings (SSSR count). The van der Waals surface area contributed by atoms with Gasteiger partial charge in [0.1, 0.15) is 0 Å². The van der Waals surface area contributed by atoms with Crippen molar-refractivity contribution in [1.29, 1.82) is 0 Å². The van der Waals surface area contributed by atoms with E-state index in [-0.39, 0.29) is 0 Å². The van der Waals surface area contributed by atoms with Crippen LogP contribution in [0.1, 0.15) is 103 Å². The minimum atomic E-state index is -0.682. The highest BCUT2D eigenvalue weighted by Gasteiger charge is 2.34. The quantitative estimate of drug-likeness (QED) is 0.252. The number of hydrogen-bond donors (Lipinski definition) is 1. The molecule has 0 aromatic carbocycles. The second-order valence-corrected chi connectivity index (χ2v) is 7.35. The van der Waals surface area contributed by atoms with Gasteiger partial charge in [-0.25, -0.2) is 0 Å². The Labute approximate surface area is 143 Å². The molecule has 0 aromatic rings. The Kier molecular flexibility index (Phi) is 12.0. The van der Waals surface area contributed by atoms with E-state index in [9.17, 15) is 4.79 Å². The normalized spacial score (nSPS) is 20.2. The molecule has 0 aliphatic heterocycles. The Morgan fingerprint density at radius 1 is 0.870 bits per heavy atom. The molecule has 0 bridgehead atoms. The molecule has 1 fully saturated rings. The number of rotatable bonds is 16. The lowest BCUT2D eigenvalue weighted by atomic mass is 10.0. The molecule has 1 aliphatic carbocycles. The third-order valence-corrected chi connectivity index (χ3v) is 5.12. The summed E-state index contributed by atoms with van der Waals surface area (Å²) in [5.41, 5.74) is 0. The Morgan fingerprint density at radius 3 is 2.09 bits per heavy atom. The molecule has 23 heavy (non-hydrogen) atoms. The molecule has 0 radical (unpaired) electrons. The van der Waals surface area contributed by atoms with Gasteiger partial charge in [-0.2, -0.15) is 0 Å². The van der Waals surface area contributed by atoms with Gasteiger partial charge in [-0.1, -0.05) is 76.9 Å². The molecule has 0 aromatic heterocycles. The summed E-state index contributed by atoms with van der Waals surface area (Å²) < 4.78 is 0. The maximum atomic E-state index is 10.4. The lowest BCUT2D eigenvalue weighted by Gasteiger charge is -2.01. The number of carboxylic acid groups (broad SMARTS) is 1. The number of unbranched alkanes of at least 4 members (excludes halogenated alkanes) is 8. The lowest BCUT2D eigenvalue weighted by molar-refractivity contribution is -0.137. The average Bonchev–Trinajstić information content (AvgIpc) is 3.27. The molecule has 2 atom stereocenters. The van der Waals surface area contributed by atoms with Crippen LogP contribution in [0.25, 0.3) is 0 Å². The zero-order valence-electron chi connectivity index (χ0n) is 15.3. The monoisotopic (exact) mass is 322 g/mol. The van der Waals surface area contributed by atoms with Crippen molar-refractivity contribution < 1.29 is 9.90 Å². The summed E-state index contributed by atoms with van der Waals surface area (Å²) in [5, 5.41) is 8.54. The molecule has 0 spiro atoms. The number of aliphatic carboxylic acids is 1. The number of hydrogen-bond acceptors (Lipinski definition) is 1. The number of carbonyl (C=O) groups is 1. The average molecular weight is 323 g/mol. The van der Waals surface area contributed by atoms with Gasteiger partial charge < -0.3 is 5.11 Å². The van der Waals surface area contributed by atoms with Crippen LogP contribution in [0.15, 0.2) is 12.2 Å². The topological polar surface area (TPSA) is 37.3 Å². The highest BCUT2D eigenvalue weighted by Crippen LogP contribution is 2.45. The van der Waals surface area contributed by atoms with Crippen LogP contribution in [-0.4, -0.2) is 11.1 Å². The zero-order chi connectivity index (χ0) is 16.8. The minimum Gasteiger partial charge on any atom is -0.481 e. The van der Waals surface area contributed by atoms with Crippen molar-refractivity contribution in [3.8, 4) is 0 Å². The van der Waals surface area contributed by atoms with E-state index in [1.807, 2.05) is 0 Å². The molecule has 2 heteroatoms. The minimum absolute atomic E-state index is 0.298. The first-order chi connectivity index (χ1) is 11.2. The Morgan fingerprint density at radius 2 is 1.43 bits per heavy atom. The zero-order valence-corrected chi connectivity index (χ0v) is 15.3. The largest absolute Gasteiger partial charge is 0.481 e. The van der Waals surface area contributed by atoms with Crippen LogP contribution in [0.4, 0.5) is 0 Å². The van der Waals surface area contributed by atoms with E-state index < -0.39 is 5.97 Å². The summed E-state index contributed by atoms with van der Waals surface area (Å²) in [6.45, 7) is 2.28. The fourth-order valence-corrected chi connectivity index (χ4v) is 3.48. The van der Waals surface area contributed by atoms with E-state index in [4.69, 9.17) is 5.11 Å². The highest BCUT2D eigenvalue weighted by molar-refractivity contribution is 5.66. The summed E-state index contributed by atoms with van der Waals surface area (Å²) >= 11 is 0. The van der Waals surface area contributed by atoms with Crippen molar-refractivity contribution in [2.45, 2.75) is 103 Å². The molecule has 1 N–H and O–H groups in total. The SMILES string of the molecule is CCCCCCCCC1CC1CCCC/C=C\CCCC(=O)O. The van der Waals surface area contributed by atoms with Crippen LogP contribution in [0.2, 0.25) is 0 Å². The summed E-state index contributed by atoms with van der Waals surface area (Å²) in [5.74, 6) is 1.43. The van der Waals surface area contributed by atoms with Crippen LogP contribution in [0.5, 0.6) is 0 Å². The Balaban J connectivity index is 1.80. The second kappa shape index (κ2) is 13.6. The van der Waals surface area contributed by atoms with Gasteiger partial charge in [-0.15, -0.1) is 0 Å². The van der Waals surface area contributed by atoms with Crippen LogP contribution < -0.4 is 0 Å². The molecule has 0 amide bonds. The van der Waals surface area contributed by atoms with Crippen molar-refractivity contribution in [3.63, 3.8) is 0 Å². The molecule has 134 valence electrons. The van der Waals surface area contributed by atoms with E-state index in [1.165, 1.54) is 77.0 Å². The van der Waals surface area contributed by atoms with Gasteiger partial charge in [-0.3, -0.25) is 4.79 Å². The summed E-state index contributed by atoms with van der Waals surface area (Å²) in [6, 6.07) is 0. The highest BCUT2D eigenvalue weighted by atomic mass is 16.4. The molecular weight excluding hydrogens is 284 g/mol. The first-order valence-corrected chi connectivity index (χ1v) is 10.1. The third kappa shape index (κ3) is 12.3. The second-order valence-electron chi connectivity index (χ2n) is 7.35. The van der Waals surface area contributed by atoms with Gasteiger partial charge in [0.25, 0.3) is 0 Å². The van der Waals surface area contributed by atoms with Crippen LogP contribution in [0, 0.1) is 11.8 Å². The molecule has 2 nitrogen and oxygen atoms in total. The molecule has 0 heterocycles. The van der Waals surface area contributed by atoms with Gasteiger partial charge in [0.2, 0.25) is 0 Å². The first kappa shape index (κ1) is 20.3. The maximum absolute atomic E-state index is 10.4. The van der Waals surface area contributed by atoms with Crippen molar-refractivity contribution in [2.24, 2.45) is 11.8 Å². The van der Waals surface area contributed by atoms with Crippen molar-refractivity contribution in [2.75, 3.05) is 0 Å². The van der Waals surface area contributed by atoms with Gasteiger partial charge in [0.05, 0.1) is 0 Å². The molecular formula is C21H38O2. The standard InChI is InChI=1S/C21H38O2/c1-2-3-4-5-9-12-15-19-18-20(19)16-13-10-7-6-8-11-14-17-21(22)23/h6,8,19-20H,2-5,7,9-18H2,1H3,(H,22,23)/b8-6-. The van der Waals surface area contributed by atoms with Crippen molar-refractivity contribution >= 4 is 5.97 Å². The Hall–Kier alpha value is -0.790. The van der Waals surface area contributed by atoms with E-state index >= 15 is 0 Å². The molecule has 2 unspecified atom stereocenters. The summed E-state index contributed by atoms with van der Waals surface area (Å²) in [7, 11) is 0. The number of carboxylic acids is 1. The van der Waals surface area contributed by atoms with Crippen LogP contribution in [0.3, 0.4) is 0 Å². The smallest absolute Gasteiger partial charge is 0.303 e. The first-order valence-electron chi connectivity index (χ1n) is 10.1. The van der Waals surface area contributed by atoms with Crippen molar-refractivity contribution in [3.05, 3.63) is 12.2 Å². The third-order valence-electron chi connectivity index (χ3n) is 5.12. The van der Waals surface area contributed by atoms with Crippen LogP contribution >= 0.6 is 0 Å². The molecule has 0 saturated heterocycles. The van der Waals surface area contributed by atoms with E-state index in [0.29, 0.717) is 6.42 Å². The predicted molar refractivity (Wildman–Crippen MR) is 98.7 cm³/mol. The fourth-order valence-electron chi connectivity index (χ4n) is 3.48. The van der Waals surface area contributed by atoms with Crippen LogP contribution in [-0.2, 0) is 4.79 Å². The van der Waals surface area contributed by atoms with Crippen molar-refractivity contribution in [1.82, 2.24) is 0 Å². The lowest BCUT2D eigenvalue weighted by Crippen LogP contribution is -1.92.